The molecule has 1 heterocycles. The molecule has 0 aliphatic heterocycles. The van der Waals surface area contributed by atoms with Crippen LogP contribution >= 0.6 is 0 Å². The summed E-state index contributed by atoms with van der Waals surface area (Å²) in [6, 6.07) is 6.29. The Hall–Kier alpha value is -3.18. The number of H-pyrrole nitrogens is 1. The first-order valence-corrected chi connectivity index (χ1v) is 16.9. The number of hydrogen-bond acceptors (Lipinski definition) is 8. The van der Waals surface area contributed by atoms with Gasteiger partial charge < -0.3 is 14.6 Å². The van der Waals surface area contributed by atoms with Crippen molar-refractivity contribution in [1.29, 1.82) is 0 Å². The summed E-state index contributed by atoms with van der Waals surface area (Å²) in [5.74, 6) is -0.00760. The summed E-state index contributed by atoms with van der Waals surface area (Å²) < 4.78 is 40.6. The van der Waals surface area contributed by atoms with Gasteiger partial charge in [-0.3, -0.25) is 9.78 Å². The zero-order valence-corrected chi connectivity index (χ0v) is 27.5. The van der Waals surface area contributed by atoms with Crippen LogP contribution in [-0.2, 0) is 14.8 Å². The molecule has 10 nitrogen and oxygen atoms in total. The Bertz CT molecular complexity index is 1350. The van der Waals surface area contributed by atoms with Crippen LogP contribution in [0, 0.1) is 11.8 Å². The monoisotopic (exact) mass is 618 g/mol. The Morgan fingerprint density at radius 1 is 1.02 bits per heavy atom. The number of benzene rings is 1. The summed E-state index contributed by atoms with van der Waals surface area (Å²) in [5, 5.41) is 18.8. The lowest BCUT2D eigenvalue weighted by Gasteiger charge is -2.30. The van der Waals surface area contributed by atoms with E-state index in [2.05, 4.69) is 49.5 Å². The molecule has 0 spiro atoms. The second kappa shape index (κ2) is 17.8. The molecule has 2 N–H and O–H groups in total. The van der Waals surface area contributed by atoms with Crippen molar-refractivity contribution in [3.05, 3.63) is 46.8 Å². The Labute approximate surface area is 257 Å². The minimum Gasteiger partial charge on any atom is -0.494 e. The van der Waals surface area contributed by atoms with Gasteiger partial charge >= 0.3 is 0 Å². The molecule has 0 amide bonds. The second-order valence-corrected chi connectivity index (χ2v) is 12.7. The molecule has 0 aliphatic rings. The summed E-state index contributed by atoms with van der Waals surface area (Å²) >= 11 is 0. The third kappa shape index (κ3) is 9.92. The van der Waals surface area contributed by atoms with E-state index in [-0.39, 0.29) is 51.8 Å². The van der Waals surface area contributed by atoms with Crippen molar-refractivity contribution in [2.75, 3.05) is 26.8 Å². The first-order valence-electron chi connectivity index (χ1n) is 15.4. The molecular weight excluding hydrogens is 568 g/mol. The van der Waals surface area contributed by atoms with Crippen LogP contribution in [0.15, 0.2) is 50.8 Å². The van der Waals surface area contributed by atoms with Crippen molar-refractivity contribution in [2.24, 2.45) is 22.1 Å². The SMILES string of the molecule is C=C(OCC)c1c(OC)c(/N=N/c2cccc(S(=O)(=O)N(CC(CC)CCCC)CC(CC)CCCC)c2)c(O)[nH]c1=O. The first-order chi connectivity index (χ1) is 20.6. The van der Waals surface area contributed by atoms with Crippen LogP contribution in [0.25, 0.3) is 5.76 Å². The highest BCUT2D eigenvalue weighted by atomic mass is 32.2. The molecule has 43 heavy (non-hydrogen) atoms. The number of aromatic amines is 1. The minimum atomic E-state index is -3.84. The normalized spacial score (nSPS) is 13.4. The lowest BCUT2D eigenvalue weighted by molar-refractivity contribution is 0.270. The third-order valence-corrected chi connectivity index (χ3v) is 9.49. The first kappa shape index (κ1) is 36.0. The highest BCUT2D eigenvalue weighted by molar-refractivity contribution is 7.89. The van der Waals surface area contributed by atoms with Gasteiger partial charge in [-0.15, -0.1) is 5.11 Å². The van der Waals surface area contributed by atoms with E-state index in [0.717, 1.165) is 51.4 Å². The van der Waals surface area contributed by atoms with Crippen molar-refractivity contribution in [2.45, 2.75) is 90.9 Å². The molecule has 2 atom stereocenters. The smallest absolute Gasteiger partial charge is 0.265 e. The van der Waals surface area contributed by atoms with Gasteiger partial charge in [-0.25, -0.2) is 8.42 Å². The van der Waals surface area contributed by atoms with E-state index in [1.807, 2.05) is 0 Å². The van der Waals surface area contributed by atoms with E-state index in [0.29, 0.717) is 13.1 Å². The van der Waals surface area contributed by atoms with Crippen LogP contribution in [0.1, 0.15) is 91.5 Å². The molecule has 0 saturated heterocycles. The van der Waals surface area contributed by atoms with E-state index in [1.165, 1.54) is 13.2 Å². The zero-order chi connectivity index (χ0) is 32.0. The lowest BCUT2D eigenvalue weighted by atomic mass is 9.97. The number of unbranched alkanes of at least 4 members (excludes halogenated alkanes) is 2. The van der Waals surface area contributed by atoms with E-state index in [4.69, 9.17) is 9.47 Å². The Morgan fingerprint density at radius 3 is 2.14 bits per heavy atom. The number of ether oxygens (including phenoxy) is 2. The average molecular weight is 619 g/mol. The van der Waals surface area contributed by atoms with Crippen LogP contribution in [0.3, 0.4) is 0 Å². The number of aromatic hydroxyl groups is 1. The van der Waals surface area contributed by atoms with Crippen LogP contribution < -0.4 is 10.3 Å². The van der Waals surface area contributed by atoms with Crippen LogP contribution in [0.5, 0.6) is 11.6 Å². The number of azo groups is 1. The number of rotatable bonds is 20. The van der Waals surface area contributed by atoms with Gasteiger partial charge in [0.05, 0.1) is 24.3 Å². The van der Waals surface area contributed by atoms with Gasteiger partial charge in [0.1, 0.15) is 11.3 Å². The van der Waals surface area contributed by atoms with Gasteiger partial charge in [0.25, 0.3) is 5.56 Å². The number of nitrogens with one attached hydrogen (secondary N) is 1. The van der Waals surface area contributed by atoms with Crippen LogP contribution in [0.2, 0.25) is 0 Å². The van der Waals surface area contributed by atoms with Gasteiger partial charge in [0, 0.05) is 13.1 Å². The quantitative estimate of drug-likeness (QED) is 0.114. The molecule has 1 aromatic heterocycles. The molecule has 2 aromatic rings. The Balaban J connectivity index is 2.51. The fourth-order valence-corrected chi connectivity index (χ4v) is 6.63. The van der Waals surface area contributed by atoms with Gasteiger partial charge in [-0.05, 0) is 49.8 Å². The molecule has 1 aromatic carbocycles. The summed E-state index contributed by atoms with van der Waals surface area (Å²) in [7, 11) is -2.51. The lowest BCUT2D eigenvalue weighted by Crippen LogP contribution is -2.39. The average Bonchev–Trinajstić information content (AvgIpc) is 2.99. The van der Waals surface area contributed by atoms with Gasteiger partial charge in [0.15, 0.2) is 11.4 Å². The minimum absolute atomic E-state index is 0.0230. The molecule has 240 valence electrons. The summed E-state index contributed by atoms with van der Waals surface area (Å²) in [6.07, 6.45) is 8.07. The highest BCUT2D eigenvalue weighted by Gasteiger charge is 2.29. The zero-order valence-electron chi connectivity index (χ0n) is 26.7. The Morgan fingerprint density at radius 2 is 1.63 bits per heavy atom. The molecule has 0 radical (unpaired) electrons. The predicted octanol–water partition coefficient (Wildman–Crippen LogP) is 7.94. The summed E-state index contributed by atoms with van der Waals surface area (Å²) in [4.78, 5) is 14.9. The third-order valence-electron chi connectivity index (χ3n) is 7.66. The second-order valence-electron chi connectivity index (χ2n) is 10.8. The van der Waals surface area contributed by atoms with E-state index in [9.17, 15) is 18.3 Å². The molecule has 0 fully saturated rings. The predicted molar refractivity (Wildman–Crippen MR) is 172 cm³/mol. The van der Waals surface area contributed by atoms with Crippen LogP contribution in [-0.4, -0.2) is 49.6 Å². The van der Waals surface area contributed by atoms with Crippen molar-refractivity contribution in [3.8, 4) is 11.6 Å². The maximum Gasteiger partial charge on any atom is 0.265 e. The standard InChI is InChI=1S/C32H50N4O6S/c1-8-13-16-24(10-3)21-36(22-25(11-4)17-14-9-2)43(39,40)27-19-15-18-26(20-27)34-35-29-30(41-7)28(23(6)42-12-5)31(37)33-32(29)38/h15,18-20,24-25H,6,8-14,16-17,21-22H2,1-5,7H3,(H2,33,37,38)/b35-34+. The molecular formula is C32H50N4O6S. The largest absolute Gasteiger partial charge is 0.494 e. The van der Waals surface area contributed by atoms with Crippen molar-refractivity contribution in [1.82, 2.24) is 9.29 Å². The topological polar surface area (TPSA) is 134 Å². The van der Waals surface area contributed by atoms with Gasteiger partial charge in [0.2, 0.25) is 15.9 Å². The number of pyridine rings is 1. The number of hydrogen-bond donors (Lipinski definition) is 2. The van der Waals surface area contributed by atoms with E-state index >= 15 is 0 Å². The number of methoxy groups -OCH3 is 1. The van der Waals surface area contributed by atoms with E-state index < -0.39 is 21.5 Å². The number of sulfonamides is 1. The maximum absolute atomic E-state index is 14.1. The maximum atomic E-state index is 14.1. The highest BCUT2D eigenvalue weighted by Crippen LogP contribution is 2.39. The molecule has 11 heteroatoms. The Kier molecular flexibility index (Phi) is 14.9. The molecule has 2 rings (SSSR count). The molecule has 0 bridgehead atoms. The van der Waals surface area contributed by atoms with Gasteiger partial charge in [-0.2, -0.15) is 9.42 Å². The fourth-order valence-electron chi connectivity index (χ4n) is 4.99. The summed E-state index contributed by atoms with van der Waals surface area (Å²) in [5.41, 5.74) is -0.565. The number of aromatic nitrogens is 1. The summed E-state index contributed by atoms with van der Waals surface area (Å²) in [6.45, 7) is 15.3. The van der Waals surface area contributed by atoms with Crippen LogP contribution in [0.4, 0.5) is 11.4 Å². The van der Waals surface area contributed by atoms with Crippen molar-refractivity contribution >= 4 is 27.2 Å². The van der Waals surface area contributed by atoms with Crippen molar-refractivity contribution in [3.63, 3.8) is 0 Å². The molecule has 0 aliphatic carbocycles. The van der Waals surface area contributed by atoms with Gasteiger partial charge in [-0.1, -0.05) is 78.9 Å². The van der Waals surface area contributed by atoms with Crippen molar-refractivity contribution < 1.29 is 23.0 Å². The van der Waals surface area contributed by atoms with E-state index in [1.54, 1.807) is 29.4 Å². The number of nitrogens with zero attached hydrogens (tertiary/aromatic N) is 3. The molecule has 2 unspecified atom stereocenters. The fraction of sp³-hybridized carbons (Fsp3) is 0.594. The molecule has 0 saturated carbocycles.